The quantitative estimate of drug-likeness (QED) is 0.181. The molecule has 0 aliphatic rings. The van der Waals surface area contributed by atoms with Gasteiger partial charge in [0.1, 0.15) is 5.58 Å². The molecule has 0 fully saturated rings. The molecule has 6 heteroatoms. The molecule has 0 bridgehead atoms. The second-order valence-electron chi connectivity index (χ2n) is 15.3. The first kappa shape index (κ1) is 30.3. The fourth-order valence-electron chi connectivity index (χ4n) is 10.0. The molecule has 8 aromatic carbocycles. The lowest BCUT2D eigenvalue weighted by Gasteiger charge is -2.12. The van der Waals surface area contributed by atoms with Crippen LogP contribution in [0.5, 0.6) is 0 Å². The Labute approximate surface area is 329 Å². The normalized spacial score (nSPS) is 12.5. The molecule has 0 aliphatic heterocycles. The summed E-state index contributed by atoms with van der Waals surface area (Å²) in [7, 11) is 0. The molecule has 14 aromatic rings. The minimum atomic E-state index is 0.551. The van der Waals surface area contributed by atoms with E-state index in [1.807, 2.05) is 12.1 Å². The van der Waals surface area contributed by atoms with Crippen LogP contribution in [0.3, 0.4) is 0 Å². The lowest BCUT2D eigenvalue weighted by molar-refractivity contribution is 0.650. The fraction of sp³-hybridized carbons (Fsp3) is 0. The van der Waals surface area contributed by atoms with Gasteiger partial charge in [0, 0.05) is 48.5 Å². The van der Waals surface area contributed by atoms with E-state index in [0.29, 0.717) is 11.7 Å². The highest BCUT2D eigenvalue weighted by Crippen LogP contribution is 2.48. The second kappa shape index (κ2) is 10.9. The number of hydrogen-bond donors (Lipinski definition) is 0. The van der Waals surface area contributed by atoms with Gasteiger partial charge in [0.05, 0.1) is 44.0 Å². The summed E-state index contributed by atoms with van der Waals surface area (Å²) in [5, 5.41) is 11.5. The second-order valence-corrected chi connectivity index (χ2v) is 15.3. The molecule has 268 valence electrons. The molecule has 0 N–H and O–H groups in total. The number of fused-ring (bicyclic) bond motifs is 16. The molecule has 6 heterocycles. The van der Waals surface area contributed by atoms with Gasteiger partial charge in [-0.25, -0.2) is 0 Å². The van der Waals surface area contributed by atoms with Crippen molar-refractivity contribution >= 4 is 104 Å². The molecule has 6 nitrogen and oxygen atoms in total. The van der Waals surface area contributed by atoms with E-state index in [9.17, 15) is 0 Å². The summed E-state index contributed by atoms with van der Waals surface area (Å²) in [6.45, 7) is 0. The van der Waals surface area contributed by atoms with Crippen LogP contribution >= 0.6 is 0 Å². The first-order chi connectivity index (χ1) is 28.8. The molecule has 0 saturated heterocycles. The number of hydrogen-bond acceptors (Lipinski definition) is 3. The summed E-state index contributed by atoms with van der Waals surface area (Å²) in [5.74, 6) is 1.34. The maximum atomic E-state index is 6.66. The van der Waals surface area contributed by atoms with Gasteiger partial charge in [0.2, 0.25) is 11.7 Å². The van der Waals surface area contributed by atoms with Crippen molar-refractivity contribution in [2.75, 3.05) is 0 Å². The Morgan fingerprint density at radius 1 is 0.362 bits per heavy atom. The summed E-state index contributed by atoms with van der Waals surface area (Å²) >= 11 is 0. The maximum Gasteiger partial charge on any atom is 0.240 e. The predicted octanol–water partition coefficient (Wildman–Crippen LogP) is 13.4. The lowest BCUT2D eigenvalue weighted by atomic mass is 10.0. The van der Waals surface area contributed by atoms with Gasteiger partial charge in [0.25, 0.3) is 0 Å². The zero-order valence-corrected chi connectivity index (χ0v) is 30.9. The molecule has 0 saturated carbocycles. The number of nitrogens with zero attached hydrogens (tertiary/aromatic N) is 5. The van der Waals surface area contributed by atoms with Crippen molar-refractivity contribution in [3.63, 3.8) is 0 Å². The molecule has 0 spiro atoms. The Kier molecular flexibility index (Phi) is 5.68. The van der Waals surface area contributed by atoms with Gasteiger partial charge in [0.15, 0.2) is 5.82 Å². The van der Waals surface area contributed by atoms with Crippen LogP contribution in [0, 0.1) is 0 Å². The largest absolute Gasteiger partial charge is 0.437 e. The SMILES string of the molecule is c1ccc(-c2ccc3c4cc5c(c6ccccc6n5-c5nc(-n6c7ccccc7c7ccccc76)nc6oc7ccccc7c56)c5c6ccccc6n(c3c2)c45)cc1. The van der Waals surface area contributed by atoms with Gasteiger partial charge in [-0.2, -0.15) is 9.97 Å². The number of benzene rings is 8. The molecule has 0 amide bonds. The van der Waals surface area contributed by atoms with E-state index in [0.717, 1.165) is 55.0 Å². The smallest absolute Gasteiger partial charge is 0.240 e. The fourth-order valence-corrected chi connectivity index (χ4v) is 10.0. The van der Waals surface area contributed by atoms with E-state index in [1.54, 1.807) is 0 Å². The first-order valence-corrected chi connectivity index (χ1v) is 19.7. The summed E-state index contributed by atoms with van der Waals surface area (Å²) in [5.41, 5.74) is 11.6. The summed E-state index contributed by atoms with van der Waals surface area (Å²) in [6.07, 6.45) is 0. The Hall–Kier alpha value is -7.96. The Morgan fingerprint density at radius 2 is 0.948 bits per heavy atom. The number of para-hydroxylation sites is 5. The van der Waals surface area contributed by atoms with Crippen LogP contribution in [0.2, 0.25) is 0 Å². The van der Waals surface area contributed by atoms with Crippen LogP contribution in [0.15, 0.2) is 180 Å². The Morgan fingerprint density at radius 3 is 1.69 bits per heavy atom. The molecular formula is C52H29N5O. The van der Waals surface area contributed by atoms with Crippen molar-refractivity contribution in [2.45, 2.75) is 0 Å². The topological polar surface area (TPSA) is 53.2 Å². The first-order valence-electron chi connectivity index (χ1n) is 19.7. The lowest BCUT2D eigenvalue weighted by Crippen LogP contribution is -2.06. The van der Waals surface area contributed by atoms with E-state index in [2.05, 4.69) is 177 Å². The average molecular weight is 740 g/mol. The monoisotopic (exact) mass is 739 g/mol. The van der Waals surface area contributed by atoms with Gasteiger partial charge in [-0.1, -0.05) is 133 Å². The van der Waals surface area contributed by atoms with Crippen molar-refractivity contribution in [1.29, 1.82) is 0 Å². The van der Waals surface area contributed by atoms with Crippen LogP contribution in [0.1, 0.15) is 0 Å². The third kappa shape index (κ3) is 3.76. The zero-order valence-electron chi connectivity index (χ0n) is 30.9. The summed E-state index contributed by atoms with van der Waals surface area (Å²) in [4.78, 5) is 10.9. The van der Waals surface area contributed by atoms with Gasteiger partial charge in [-0.15, -0.1) is 0 Å². The van der Waals surface area contributed by atoms with Crippen LogP contribution in [-0.4, -0.2) is 23.5 Å². The predicted molar refractivity (Wildman–Crippen MR) is 238 cm³/mol. The highest BCUT2D eigenvalue weighted by atomic mass is 16.3. The van der Waals surface area contributed by atoms with Crippen molar-refractivity contribution in [2.24, 2.45) is 0 Å². The van der Waals surface area contributed by atoms with Crippen LogP contribution in [-0.2, 0) is 0 Å². The molecule has 0 unspecified atom stereocenters. The van der Waals surface area contributed by atoms with Gasteiger partial charge in [-0.3, -0.25) is 9.13 Å². The summed E-state index contributed by atoms with van der Waals surface area (Å²) < 4.78 is 13.7. The van der Waals surface area contributed by atoms with Crippen molar-refractivity contribution < 1.29 is 4.42 Å². The third-order valence-electron chi connectivity index (χ3n) is 12.4. The highest BCUT2D eigenvalue weighted by molar-refractivity contribution is 6.36. The minimum absolute atomic E-state index is 0.551. The van der Waals surface area contributed by atoms with E-state index in [-0.39, 0.29) is 0 Å². The van der Waals surface area contributed by atoms with Crippen molar-refractivity contribution in [1.82, 2.24) is 23.5 Å². The van der Waals surface area contributed by atoms with Gasteiger partial charge in [-0.05, 0) is 53.6 Å². The molecular weight excluding hydrogens is 711 g/mol. The van der Waals surface area contributed by atoms with E-state index >= 15 is 0 Å². The van der Waals surface area contributed by atoms with E-state index in [4.69, 9.17) is 14.4 Å². The van der Waals surface area contributed by atoms with Crippen LogP contribution in [0.25, 0.3) is 127 Å². The van der Waals surface area contributed by atoms with E-state index < -0.39 is 0 Å². The standard InChI is InChI=1S/C52H29N5O/c1-2-14-30(15-3-1)31-26-27-34-38-29-44-46(47-36-19-7-11-23-41(36)55(49(38)47)43(34)28-31)35-18-6-12-24-42(35)56(44)50-48-37-20-8-13-25-45(37)58-51(48)54-52(53-50)57-39-21-9-4-16-32(39)33-17-5-10-22-40(33)57/h1-29H. The Balaban J connectivity index is 1.18. The van der Waals surface area contributed by atoms with Gasteiger partial charge < -0.3 is 8.82 Å². The van der Waals surface area contributed by atoms with Gasteiger partial charge >= 0.3 is 0 Å². The molecule has 58 heavy (non-hydrogen) atoms. The highest BCUT2D eigenvalue weighted by Gasteiger charge is 2.27. The Bertz CT molecular complexity index is 3980. The minimum Gasteiger partial charge on any atom is -0.437 e. The van der Waals surface area contributed by atoms with E-state index in [1.165, 1.54) is 60.0 Å². The molecule has 0 atom stereocenters. The molecule has 0 radical (unpaired) electrons. The van der Waals surface area contributed by atoms with Crippen molar-refractivity contribution in [3.05, 3.63) is 176 Å². The number of aromatic nitrogens is 5. The number of rotatable bonds is 3. The van der Waals surface area contributed by atoms with Crippen molar-refractivity contribution in [3.8, 4) is 22.9 Å². The van der Waals surface area contributed by atoms with Crippen LogP contribution < -0.4 is 0 Å². The molecule has 0 aliphatic carbocycles. The zero-order chi connectivity index (χ0) is 37.6. The third-order valence-corrected chi connectivity index (χ3v) is 12.4. The summed E-state index contributed by atoms with van der Waals surface area (Å²) in [6, 6.07) is 62.8. The number of furan rings is 1. The molecule has 6 aromatic heterocycles. The van der Waals surface area contributed by atoms with Crippen LogP contribution in [0.4, 0.5) is 0 Å². The molecule has 14 rings (SSSR count). The average Bonchev–Trinajstić information content (AvgIpc) is 4.08. The maximum absolute atomic E-state index is 6.66.